The van der Waals surface area contributed by atoms with E-state index in [-0.39, 0.29) is 12.1 Å². The summed E-state index contributed by atoms with van der Waals surface area (Å²) in [7, 11) is 0. The van der Waals surface area contributed by atoms with Crippen LogP contribution < -0.4 is 10.1 Å². The SMILES string of the molecule is C=CCNC(=O)N1CC(Oc2ncccc2Br)C1. The van der Waals surface area contributed by atoms with E-state index in [1.165, 1.54) is 0 Å². The van der Waals surface area contributed by atoms with Crippen molar-refractivity contribution in [1.82, 2.24) is 15.2 Å². The van der Waals surface area contributed by atoms with Crippen LogP contribution in [0.4, 0.5) is 4.79 Å². The summed E-state index contributed by atoms with van der Waals surface area (Å²) in [6, 6.07) is 3.61. The highest BCUT2D eigenvalue weighted by Crippen LogP contribution is 2.24. The minimum absolute atomic E-state index is 0.00526. The summed E-state index contributed by atoms with van der Waals surface area (Å²) in [4.78, 5) is 17.3. The zero-order valence-electron chi connectivity index (χ0n) is 9.80. The monoisotopic (exact) mass is 311 g/mol. The van der Waals surface area contributed by atoms with Gasteiger partial charge in [0, 0.05) is 12.7 Å². The van der Waals surface area contributed by atoms with Gasteiger partial charge in [-0.3, -0.25) is 0 Å². The molecule has 0 aliphatic carbocycles. The fourth-order valence-corrected chi connectivity index (χ4v) is 1.91. The van der Waals surface area contributed by atoms with E-state index in [0.29, 0.717) is 25.5 Å². The maximum absolute atomic E-state index is 11.5. The second-order valence-electron chi connectivity index (χ2n) is 3.91. The summed E-state index contributed by atoms with van der Waals surface area (Å²) >= 11 is 3.36. The summed E-state index contributed by atoms with van der Waals surface area (Å²) in [5, 5.41) is 2.72. The molecule has 1 aliphatic heterocycles. The number of carbonyl (C=O) groups is 1. The van der Waals surface area contributed by atoms with Gasteiger partial charge in [0.2, 0.25) is 5.88 Å². The molecule has 0 spiro atoms. The van der Waals surface area contributed by atoms with E-state index in [9.17, 15) is 4.79 Å². The van der Waals surface area contributed by atoms with Crippen molar-refractivity contribution in [3.63, 3.8) is 0 Å². The van der Waals surface area contributed by atoms with Crippen molar-refractivity contribution in [1.29, 1.82) is 0 Å². The van der Waals surface area contributed by atoms with Gasteiger partial charge >= 0.3 is 6.03 Å². The molecule has 18 heavy (non-hydrogen) atoms. The van der Waals surface area contributed by atoms with E-state index in [4.69, 9.17) is 4.74 Å². The summed E-state index contributed by atoms with van der Waals surface area (Å²) in [5.74, 6) is 0.564. The largest absolute Gasteiger partial charge is 0.470 e. The van der Waals surface area contributed by atoms with Crippen LogP contribution in [0.3, 0.4) is 0 Å². The molecule has 6 heteroatoms. The number of nitrogens with zero attached hydrogens (tertiary/aromatic N) is 2. The van der Waals surface area contributed by atoms with Gasteiger partial charge < -0.3 is 15.0 Å². The van der Waals surface area contributed by atoms with Crippen LogP contribution >= 0.6 is 15.9 Å². The van der Waals surface area contributed by atoms with E-state index in [1.54, 1.807) is 17.2 Å². The second kappa shape index (κ2) is 5.86. The Morgan fingerprint density at radius 1 is 1.72 bits per heavy atom. The first kappa shape index (κ1) is 12.9. The van der Waals surface area contributed by atoms with E-state index in [2.05, 4.69) is 32.8 Å². The predicted octanol–water partition coefficient (Wildman–Crippen LogP) is 1.80. The van der Waals surface area contributed by atoms with Crippen molar-refractivity contribution in [2.45, 2.75) is 6.10 Å². The number of ether oxygens (including phenoxy) is 1. The number of urea groups is 1. The van der Waals surface area contributed by atoms with Gasteiger partial charge in [0.15, 0.2) is 0 Å². The maximum Gasteiger partial charge on any atom is 0.317 e. The number of hydrogen-bond acceptors (Lipinski definition) is 3. The fraction of sp³-hybridized carbons (Fsp3) is 0.333. The fourth-order valence-electron chi connectivity index (χ4n) is 1.57. The second-order valence-corrected chi connectivity index (χ2v) is 4.76. The molecule has 2 heterocycles. The van der Waals surface area contributed by atoms with Crippen LogP contribution in [-0.2, 0) is 0 Å². The van der Waals surface area contributed by atoms with Gasteiger partial charge in [-0.1, -0.05) is 6.08 Å². The molecule has 2 amide bonds. The average Bonchev–Trinajstić information content (AvgIpc) is 2.32. The molecule has 0 atom stereocenters. The van der Waals surface area contributed by atoms with Crippen LogP contribution in [0, 0.1) is 0 Å². The highest BCUT2D eigenvalue weighted by molar-refractivity contribution is 9.10. The Kier molecular flexibility index (Phi) is 4.19. The van der Waals surface area contributed by atoms with Gasteiger partial charge in [-0.05, 0) is 28.1 Å². The molecule has 0 bridgehead atoms. The van der Waals surface area contributed by atoms with Crippen molar-refractivity contribution in [2.24, 2.45) is 0 Å². The lowest BCUT2D eigenvalue weighted by atomic mass is 10.2. The molecule has 0 aromatic carbocycles. The number of nitrogens with one attached hydrogen (secondary N) is 1. The Labute approximate surface area is 114 Å². The molecule has 0 saturated carbocycles. The van der Waals surface area contributed by atoms with Gasteiger partial charge in [-0.2, -0.15) is 0 Å². The van der Waals surface area contributed by atoms with E-state index < -0.39 is 0 Å². The van der Waals surface area contributed by atoms with Crippen LogP contribution in [0.1, 0.15) is 0 Å². The first-order valence-electron chi connectivity index (χ1n) is 5.61. The molecule has 2 rings (SSSR count). The number of rotatable bonds is 4. The zero-order chi connectivity index (χ0) is 13.0. The molecule has 1 N–H and O–H groups in total. The van der Waals surface area contributed by atoms with Gasteiger partial charge in [0.05, 0.1) is 17.6 Å². The lowest BCUT2D eigenvalue weighted by molar-refractivity contribution is 0.0412. The van der Waals surface area contributed by atoms with Crippen LogP contribution in [0.5, 0.6) is 5.88 Å². The Morgan fingerprint density at radius 3 is 3.17 bits per heavy atom. The molecule has 5 nitrogen and oxygen atoms in total. The number of likely N-dealkylation sites (tertiary alicyclic amines) is 1. The Morgan fingerprint density at radius 2 is 2.50 bits per heavy atom. The minimum Gasteiger partial charge on any atom is -0.470 e. The molecule has 1 aromatic rings. The first-order chi connectivity index (χ1) is 8.70. The third-order valence-corrected chi connectivity index (χ3v) is 3.14. The molecule has 1 fully saturated rings. The topological polar surface area (TPSA) is 54.5 Å². The van der Waals surface area contributed by atoms with Gasteiger partial charge in [-0.15, -0.1) is 6.58 Å². The standard InChI is InChI=1S/C12H14BrN3O2/c1-2-5-15-12(17)16-7-9(8-16)18-11-10(13)4-3-6-14-11/h2-4,6,9H,1,5,7-8H2,(H,15,17). The van der Waals surface area contributed by atoms with Gasteiger partial charge in [-0.25, -0.2) is 9.78 Å². The van der Waals surface area contributed by atoms with Crippen LogP contribution in [-0.4, -0.2) is 41.7 Å². The predicted molar refractivity (Wildman–Crippen MR) is 71.5 cm³/mol. The number of carbonyl (C=O) groups excluding carboxylic acids is 1. The number of aromatic nitrogens is 1. The van der Waals surface area contributed by atoms with Crippen LogP contribution in [0.2, 0.25) is 0 Å². The van der Waals surface area contributed by atoms with Gasteiger partial charge in [0.25, 0.3) is 0 Å². The third kappa shape index (κ3) is 3.01. The molecule has 0 radical (unpaired) electrons. The van der Waals surface area contributed by atoms with Crippen molar-refractivity contribution in [2.75, 3.05) is 19.6 Å². The summed E-state index contributed by atoms with van der Waals surface area (Å²) in [6.07, 6.45) is 3.33. The number of halogens is 1. The smallest absolute Gasteiger partial charge is 0.317 e. The minimum atomic E-state index is -0.0881. The van der Waals surface area contributed by atoms with Crippen molar-refractivity contribution in [3.8, 4) is 5.88 Å². The molecular weight excluding hydrogens is 298 g/mol. The lowest BCUT2D eigenvalue weighted by Crippen LogP contribution is -2.58. The average molecular weight is 312 g/mol. The van der Waals surface area contributed by atoms with Crippen molar-refractivity contribution >= 4 is 22.0 Å². The summed E-state index contributed by atoms with van der Waals surface area (Å²) in [6.45, 7) is 5.17. The number of hydrogen-bond donors (Lipinski definition) is 1. The Hall–Kier alpha value is -1.56. The van der Waals surface area contributed by atoms with Crippen molar-refractivity contribution < 1.29 is 9.53 Å². The van der Waals surface area contributed by atoms with Crippen LogP contribution in [0.15, 0.2) is 35.5 Å². The van der Waals surface area contributed by atoms with Crippen LogP contribution in [0.25, 0.3) is 0 Å². The van der Waals surface area contributed by atoms with E-state index in [1.807, 2.05) is 12.1 Å². The maximum atomic E-state index is 11.5. The van der Waals surface area contributed by atoms with Gasteiger partial charge in [0.1, 0.15) is 6.10 Å². The zero-order valence-corrected chi connectivity index (χ0v) is 11.4. The molecule has 1 aromatic heterocycles. The lowest BCUT2D eigenvalue weighted by Gasteiger charge is -2.38. The highest BCUT2D eigenvalue weighted by atomic mass is 79.9. The third-order valence-electron chi connectivity index (χ3n) is 2.54. The highest BCUT2D eigenvalue weighted by Gasteiger charge is 2.32. The quantitative estimate of drug-likeness (QED) is 0.863. The first-order valence-corrected chi connectivity index (χ1v) is 6.41. The Bertz CT molecular complexity index is 447. The Balaban J connectivity index is 1.78. The van der Waals surface area contributed by atoms with Crippen molar-refractivity contribution in [3.05, 3.63) is 35.5 Å². The number of amides is 2. The molecular formula is C12H14BrN3O2. The number of pyridine rings is 1. The molecule has 96 valence electrons. The summed E-state index contributed by atoms with van der Waals surface area (Å²) in [5.41, 5.74) is 0. The molecule has 1 aliphatic rings. The molecule has 1 saturated heterocycles. The normalized spacial score (nSPS) is 14.8. The van der Waals surface area contributed by atoms with E-state index in [0.717, 1.165) is 4.47 Å². The summed E-state index contributed by atoms with van der Waals surface area (Å²) < 4.78 is 6.49. The molecule has 0 unspecified atom stereocenters. The van der Waals surface area contributed by atoms with E-state index >= 15 is 0 Å².